The van der Waals surface area contributed by atoms with Crippen LogP contribution in [0.3, 0.4) is 0 Å². The highest BCUT2D eigenvalue weighted by Crippen LogP contribution is 2.36. The van der Waals surface area contributed by atoms with Crippen LogP contribution >= 0.6 is 34.8 Å². The second kappa shape index (κ2) is 5.22. The molecule has 0 saturated carbocycles. The van der Waals surface area contributed by atoms with Crippen molar-refractivity contribution in [2.75, 3.05) is 0 Å². The minimum Gasteiger partial charge on any atom is -0.328 e. The van der Waals surface area contributed by atoms with Crippen LogP contribution in [0.4, 0.5) is 0 Å². The molecule has 0 radical (unpaired) electrons. The molecule has 2 nitrogen and oxygen atoms in total. The monoisotopic (exact) mass is 302 g/mol. The second-order valence-electron chi connectivity index (χ2n) is 4.49. The molecule has 0 fully saturated rings. The number of rotatable bonds is 2. The molecule has 1 aromatic carbocycles. The minimum absolute atomic E-state index is 0.0518. The Morgan fingerprint density at radius 1 is 1.22 bits per heavy atom. The number of aryl methyl sites for hydroxylation is 1. The number of halogens is 3. The van der Waals surface area contributed by atoms with Gasteiger partial charge < -0.3 is 5.73 Å². The van der Waals surface area contributed by atoms with Crippen LogP contribution in [0.15, 0.2) is 12.1 Å². The predicted molar refractivity (Wildman–Crippen MR) is 78.9 cm³/mol. The Bertz CT molecular complexity index is 609. The van der Waals surface area contributed by atoms with E-state index in [4.69, 9.17) is 40.5 Å². The van der Waals surface area contributed by atoms with Crippen LogP contribution in [0.25, 0.3) is 10.9 Å². The molecule has 18 heavy (non-hydrogen) atoms. The summed E-state index contributed by atoms with van der Waals surface area (Å²) in [4.78, 5) is 4.52. The lowest BCUT2D eigenvalue weighted by Gasteiger charge is -2.11. The molecular weight excluding hydrogens is 291 g/mol. The van der Waals surface area contributed by atoms with E-state index in [2.05, 4.69) is 4.98 Å². The van der Waals surface area contributed by atoms with Crippen molar-refractivity contribution in [1.82, 2.24) is 4.98 Å². The summed E-state index contributed by atoms with van der Waals surface area (Å²) in [5.74, 6) is 0. The van der Waals surface area contributed by atoms with Gasteiger partial charge in [-0.15, -0.1) is 0 Å². The Labute approximate surface area is 121 Å². The zero-order valence-electron chi connectivity index (χ0n) is 10.1. The fourth-order valence-corrected chi connectivity index (χ4v) is 2.79. The Kier molecular flexibility index (Phi) is 4.02. The van der Waals surface area contributed by atoms with Crippen LogP contribution in [0.1, 0.15) is 18.2 Å². The molecule has 2 N–H and O–H groups in total. The van der Waals surface area contributed by atoms with Gasteiger partial charge in [0.15, 0.2) is 0 Å². The number of fused-ring (bicyclic) bond motifs is 1. The summed E-state index contributed by atoms with van der Waals surface area (Å²) in [6, 6.07) is 3.65. The van der Waals surface area contributed by atoms with Gasteiger partial charge in [0.1, 0.15) is 0 Å². The average molecular weight is 304 g/mol. The van der Waals surface area contributed by atoms with Crippen LogP contribution in [0.5, 0.6) is 0 Å². The summed E-state index contributed by atoms with van der Waals surface area (Å²) >= 11 is 18.4. The normalized spacial score (nSPS) is 13.0. The molecule has 5 heteroatoms. The van der Waals surface area contributed by atoms with E-state index in [1.165, 1.54) is 0 Å². The van der Waals surface area contributed by atoms with Gasteiger partial charge in [0.25, 0.3) is 0 Å². The average Bonchev–Trinajstić information content (AvgIpc) is 2.24. The van der Waals surface area contributed by atoms with Gasteiger partial charge in [-0.3, -0.25) is 4.98 Å². The molecule has 0 bridgehead atoms. The summed E-state index contributed by atoms with van der Waals surface area (Å²) in [7, 11) is 0. The molecular formula is C13H13Cl3N2. The SMILES string of the molecule is Cc1cc(CC(C)N)nc2c(Cl)cc(Cl)c(Cl)c12. The van der Waals surface area contributed by atoms with E-state index in [0.717, 1.165) is 16.6 Å². The van der Waals surface area contributed by atoms with E-state index < -0.39 is 0 Å². The smallest absolute Gasteiger partial charge is 0.0910 e. The summed E-state index contributed by atoms with van der Waals surface area (Å²) in [6.45, 7) is 3.91. The second-order valence-corrected chi connectivity index (χ2v) is 5.68. The summed E-state index contributed by atoms with van der Waals surface area (Å²) in [6.07, 6.45) is 0.702. The molecule has 96 valence electrons. The highest BCUT2D eigenvalue weighted by molar-refractivity contribution is 6.47. The molecule has 0 aliphatic carbocycles. The van der Waals surface area contributed by atoms with Gasteiger partial charge in [-0.1, -0.05) is 34.8 Å². The van der Waals surface area contributed by atoms with Gasteiger partial charge >= 0.3 is 0 Å². The van der Waals surface area contributed by atoms with Crippen molar-refractivity contribution in [1.29, 1.82) is 0 Å². The molecule has 0 aliphatic heterocycles. The Morgan fingerprint density at radius 2 is 1.89 bits per heavy atom. The third-order valence-electron chi connectivity index (χ3n) is 2.71. The lowest BCUT2D eigenvalue weighted by molar-refractivity contribution is 0.724. The highest BCUT2D eigenvalue weighted by Gasteiger charge is 2.13. The first kappa shape index (κ1) is 13.9. The Hall–Kier alpha value is -0.540. The molecule has 1 heterocycles. The zero-order valence-corrected chi connectivity index (χ0v) is 12.4. The van der Waals surface area contributed by atoms with E-state index in [1.807, 2.05) is 19.9 Å². The topological polar surface area (TPSA) is 38.9 Å². The fourth-order valence-electron chi connectivity index (χ4n) is 1.99. The molecule has 0 saturated heterocycles. The molecule has 1 aromatic heterocycles. The fraction of sp³-hybridized carbons (Fsp3) is 0.308. The lowest BCUT2D eigenvalue weighted by Crippen LogP contribution is -2.18. The predicted octanol–water partition coefficient (Wildman–Crippen LogP) is 4.39. The maximum absolute atomic E-state index is 6.21. The van der Waals surface area contributed by atoms with E-state index in [-0.39, 0.29) is 6.04 Å². The standard InChI is InChI=1S/C13H13Cl3N2/c1-6-3-8(4-7(2)17)18-13-10(15)5-9(14)12(16)11(6)13/h3,5,7H,4,17H2,1-2H3. The molecule has 0 aliphatic rings. The van der Waals surface area contributed by atoms with E-state index in [1.54, 1.807) is 6.07 Å². The van der Waals surface area contributed by atoms with Crippen LogP contribution in [0, 0.1) is 6.92 Å². The van der Waals surface area contributed by atoms with Crippen molar-refractivity contribution in [3.05, 3.63) is 38.5 Å². The van der Waals surface area contributed by atoms with Crippen molar-refractivity contribution >= 4 is 45.7 Å². The molecule has 0 amide bonds. The molecule has 2 aromatic rings. The number of hydrogen-bond donors (Lipinski definition) is 1. The van der Waals surface area contributed by atoms with E-state index >= 15 is 0 Å². The third kappa shape index (κ3) is 2.57. The van der Waals surface area contributed by atoms with Crippen LogP contribution in [-0.2, 0) is 6.42 Å². The number of nitrogens with two attached hydrogens (primary N) is 1. The lowest BCUT2D eigenvalue weighted by atomic mass is 10.1. The largest absolute Gasteiger partial charge is 0.328 e. The quantitative estimate of drug-likeness (QED) is 0.836. The molecule has 1 atom stereocenters. The number of benzene rings is 1. The first-order chi connectivity index (χ1) is 8.40. The van der Waals surface area contributed by atoms with Crippen molar-refractivity contribution < 1.29 is 0 Å². The summed E-state index contributed by atoms with van der Waals surface area (Å²) in [5.41, 5.74) is 8.39. The van der Waals surface area contributed by atoms with E-state index in [9.17, 15) is 0 Å². The number of pyridine rings is 1. The minimum atomic E-state index is 0.0518. The van der Waals surface area contributed by atoms with Gasteiger partial charge in [0, 0.05) is 23.5 Å². The molecule has 1 unspecified atom stereocenters. The Morgan fingerprint density at radius 3 is 2.50 bits per heavy atom. The first-order valence-corrected chi connectivity index (χ1v) is 6.73. The van der Waals surface area contributed by atoms with Gasteiger partial charge in [-0.25, -0.2) is 0 Å². The van der Waals surface area contributed by atoms with Gasteiger partial charge in [-0.2, -0.15) is 0 Å². The summed E-state index contributed by atoms with van der Waals surface area (Å²) in [5, 5.41) is 2.25. The van der Waals surface area contributed by atoms with Crippen molar-refractivity contribution in [3.63, 3.8) is 0 Å². The first-order valence-electron chi connectivity index (χ1n) is 5.59. The third-order valence-corrected chi connectivity index (χ3v) is 3.79. The zero-order chi connectivity index (χ0) is 13.4. The van der Waals surface area contributed by atoms with Crippen LogP contribution in [0.2, 0.25) is 15.1 Å². The Balaban J connectivity index is 2.73. The number of nitrogens with zero attached hydrogens (tertiary/aromatic N) is 1. The van der Waals surface area contributed by atoms with Crippen LogP contribution < -0.4 is 5.73 Å². The number of hydrogen-bond acceptors (Lipinski definition) is 2. The number of aromatic nitrogens is 1. The summed E-state index contributed by atoms with van der Waals surface area (Å²) < 4.78 is 0. The highest BCUT2D eigenvalue weighted by atomic mass is 35.5. The van der Waals surface area contributed by atoms with E-state index in [0.29, 0.717) is 27.0 Å². The van der Waals surface area contributed by atoms with Crippen molar-refractivity contribution in [2.45, 2.75) is 26.3 Å². The molecule has 0 spiro atoms. The van der Waals surface area contributed by atoms with Crippen molar-refractivity contribution in [2.24, 2.45) is 5.73 Å². The van der Waals surface area contributed by atoms with Gasteiger partial charge in [-0.05, 0) is 31.5 Å². The van der Waals surface area contributed by atoms with Crippen molar-refractivity contribution in [3.8, 4) is 0 Å². The van der Waals surface area contributed by atoms with Gasteiger partial charge in [0.2, 0.25) is 0 Å². The van der Waals surface area contributed by atoms with Gasteiger partial charge in [0.05, 0.1) is 20.6 Å². The maximum atomic E-state index is 6.21. The van der Waals surface area contributed by atoms with Crippen LogP contribution in [-0.4, -0.2) is 11.0 Å². The maximum Gasteiger partial charge on any atom is 0.0910 e. The molecule has 2 rings (SSSR count).